The van der Waals surface area contributed by atoms with E-state index in [4.69, 9.17) is 4.74 Å². The van der Waals surface area contributed by atoms with E-state index in [0.717, 1.165) is 49.7 Å². The van der Waals surface area contributed by atoms with Crippen molar-refractivity contribution in [1.82, 2.24) is 9.97 Å². The maximum Gasteiger partial charge on any atom is 0.161 e. The Balaban J connectivity index is 2.43. The molecule has 2 rings (SSSR count). The maximum atomic E-state index is 5.25. The molecule has 0 amide bonds. The Morgan fingerprint density at radius 1 is 1.33 bits per heavy atom. The average Bonchev–Trinajstić information content (AvgIpc) is 2.48. The molecule has 0 saturated heterocycles. The van der Waals surface area contributed by atoms with Gasteiger partial charge in [0.25, 0.3) is 0 Å². The average molecular weight is 462 g/mol. The van der Waals surface area contributed by atoms with Crippen molar-refractivity contribution in [3.8, 4) is 17.1 Å². The van der Waals surface area contributed by atoms with Crippen LogP contribution in [0.1, 0.15) is 19.0 Å². The van der Waals surface area contributed by atoms with Gasteiger partial charge in [-0.25, -0.2) is 9.97 Å². The molecule has 0 bridgehead atoms. The number of benzene rings is 1. The Labute approximate surface area is 147 Å². The topological polar surface area (TPSA) is 47.0 Å². The Kier molecular flexibility index (Phi) is 5.80. The summed E-state index contributed by atoms with van der Waals surface area (Å²) in [7, 11) is 1.65. The Hall–Kier alpha value is -0.890. The number of aromatic nitrogens is 2. The lowest BCUT2D eigenvalue weighted by atomic mass is 10.2. The van der Waals surface area contributed by atoms with Gasteiger partial charge in [0.15, 0.2) is 5.82 Å². The molecule has 0 aliphatic rings. The first-order valence-corrected chi connectivity index (χ1v) is 8.56. The van der Waals surface area contributed by atoms with Gasteiger partial charge in [0.1, 0.15) is 11.6 Å². The van der Waals surface area contributed by atoms with Crippen molar-refractivity contribution in [2.45, 2.75) is 20.3 Å². The molecule has 0 unspecified atom stereocenters. The summed E-state index contributed by atoms with van der Waals surface area (Å²) in [5.41, 5.74) is 1.94. The van der Waals surface area contributed by atoms with Gasteiger partial charge in [-0.15, -0.1) is 0 Å². The van der Waals surface area contributed by atoms with Gasteiger partial charge >= 0.3 is 0 Å². The van der Waals surface area contributed by atoms with Crippen molar-refractivity contribution in [3.63, 3.8) is 0 Å². The predicted octanol–water partition coefficient (Wildman–Crippen LogP) is 4.65. The zero-order valence-corrected chi connectivity index (χ0v) is 15.9. The maximum absolute atomic E-state index is 5.25. The molecule has 0 atom stereocenters. The summed E-state index contributed by atoms with van der Waals surface area (Å²) in [4.78, 5) is 9.23. The lowest BCUT2D eigenvalue weighted by molar-refractivity contribution is 0.412. The van der Waals surface area contributed by atoms with Gasteiger partial charge in [0.2, 0.25) is 0 Å². The van der Waals surface area contributed by atoms with E-state index >= 15 is 0 Å². The molecule has 1 aromatic carbocycles. The first-order chi connectivity index (χ1) is 10.1. The number of hydrogen-bond donors (Lipinski definition) is 1. The second-order valence-electron chi connectivity index (χ2n) is 4.57. The SMILES string of the molecule is CCCNc1nc(-c2ccc(OC)c(Br)c2)nc(C)c1I. The third-order valence-corrected chi connectivity index (χ3v) is 4.88. The molecule has 4 nitrogen and oxygen atoms in total. The molecule has 1 N–H and O–H groups in total. The third kappa shape index (κ3) is 3.85. The molecule has 0 saturated carbocycles. The number of anilines is 1. The van der Waals surface area contributed by atoms with E-state index in [9.17, 15) is 0 Å². The number of nitrogens with zero attached hydrogens (tertiary/aromatic N) is 2. The van der Waals surface area contributed by atoms with Crippen LogP contribution in [0.15, 0.2) is 22.7 Å². The summed E-state index contributed by atoms with van der Waals surface area (Å²) in [5, 5.41) is 3.36. The summed E-state index contributed by atoms with van der Waals surface area (Å²) in [6, 6.07) is 5.86. The molecule has 2 aromatic rings. The van der Waals surface area contributed by atoms with Crippen molar-refractivity contribution in [2.24, 2.45) is 0 Å². The molecule has 0 radical (unpaired) electrons. The van der Waals surface area contributed by atoms with Gasteiger partial charge < -0.3 is 10.1 Å². The third-order valence-electron chi connectivity index (χ3n) is 2.97. The molecule has 0 aliphatic heterocycles. The summed E-state index contributed by atoms with van der Waals surface area (Å²) in [6.45, 7) is 5.04. The molecule has 1 heterocycles. The van der Waals surface area contributed by atoms with Crippen LogP contribution in [0.5, 0.6) is 5.75 Å². The van der Waals surface area contributed by atoms with Crippen molar-refractivity contribution in [2.75, 3.05) is 19.0 Å². The van der Waals surface area contributed by atoms with Crippen LogP contribution in [0.4, 0.5) is 5.82 Å². The molecule has 1 aromatic heterocycles. The van der Waals surface area contributed by atoms with Crippen LogP contribution in [-0.2, 0) is 0 Å². The second-order valence-corrected chi connectivity index (χ2v) is 6.50. The predicted molar refractivity (Wildman–Crippen MR) is 98.0 cm³/mol. The minimum Gasteiger partial charge on any atom is -0.496 e. The Morgan fingerprint density at radius 3 is 2.71 bits per heavy atom. The van der Waals surface area contributed by atoms with Gasteiger partial charge in [-0.2, -0.15) is 0 Å². The van der Waals surface area contributed by atoms with Crippen molar-refractivity contribution >= 4 is 44.3 Å². The molecule has 0 spiro atoms. The van der Waals surface area contributed by atoms with Crippen LogP contribution in [0, 0.1) is 10.5 Å². The van der Waals surface area contributed by atoms with E-state index in [1.807, 2.05) is 25.1 Å². The molecular weight excluding hydrogens is 445 g/mol. The summed E-state index contributed by atoms with van der Waals surface area (Å²) in [6.07, 6.45) is 1.06. The fourth-order valence-electron chi connectivity index (χ4n) is 1.85. The monoisotopic (exact) mass is 461 g/mol. The fraction of sp³-hybridized carbons (Fsp3) is 0.333. The van der Waals surface area contributed by atoms with Gasteiger partial charge in [-0.05, 0) is 70.1 Å². The molecule has 0 aliphatic carbocycles. The number of aryl methyl sites for hydroxylation is 1. The fourth-order valence-corrected chi connectivity index (χ4v) is 2.83. The standard InChI is InChI=1S/C15H17BrIN3O/c1-4-7-18-15-13(17)9(2)19-14(20-15)10-5-6-12(21-3)11(16)8-10/h5-6,8H,4,7H2,1-3H3,(H,18,19,20). The highest BCUT2D eigenvalue weighted by Crippen LogP contribution is 2.30. The summed E-state index contributed by atoms with van der Waals surface area (Å²) >= 11 is 5.78. The Morgan fingerprint density at radius 2 is 2.10 bits per heavy atom. The second kappa shape index (κ2) is 7.40. The van der Waals surface area contributed by atoms with Crippen LogP contribution in [-0.4, -0.2) is 23.6 Å². The molecule has 112 valence electrons. The number of halogens is 2. The van der Waals surface area contributed by atoms with Crippen LogP contribution in [0.2, 0.25) is 0 Å². The van der Waals surface area contributed by atoms with E-state index in [-0.39, 0.29) is 0 Å². The lowest BCUT2D eigenvalue weighted by Gasteiger charge is -2.11. The first-order valence-electron chi connectivity index (χ1n) is 6.68. The zero-order chi connectivity index (χ0) is 15.4. The van der Waals surface area contributed by atoms with Gasteiger partial charge in [-0.1, -0.05) is 6.92 Å². The Bertz CT molecular complexity index is 649. The normalized spacial score (nSPS) is 10.5. The number of rotatable bonds is 5. The van der Waals surface area contributed by atoms with E-state index in [0.29, 0.717) is 0 Å². The first kappa shape index (κ1) is 16.5. The minimum absolute atomic E-state index is 0.717. The van der Waals surface area contributed by atoms with Gasteiger partial charge in [0.05, 0.1) is 20.8 Å². The smallest absolute Gasteiger partial charge is 0.161 e. The highest BCUT2D eigenvalue weighted by molar-refractivity contribution is 14.1. The summed E-state index contributed by atoms with van der Waals surface area (Å²) in [5.74, 6) is 2.41. The molecular formula is C15H17BrIN3O. The highest BCUT2D eigenvalue weighted by atomic mass is 127. The molecule has 6 heteroatoms. The number of nitrogens with one attached hydrogen (secondary N) is 1. The van der Waals surface area contributed by atoms with E-state index in [1.165, 1.54) is 0 Å². The van der Waals surface area contributed by atoms with Crippen molar-refractivity contribution < 1.29 is 4.74 Å². The van der Waals surface area contributed by atoms with Gasteiger partial charge in [0, 0.05) is 12.1 Å². The van der Waals surface area contributed by atoms with E-state index < -0.39 is 0 Å². The van der Waals surface area contributed by atoms with E-state index in [2.05, 4.69) is 60.7 Å². The van der Waals surface area contributed by atoms with Crippen LogP contribution < -0.4 is 10.1 Å². The largest absolute Gasteiger partial charge is 0.496 e. The zero-order valence-electron chi connectivity index (χ0n) is 12.2. The molecule has 0 fully saturated rings. The van der Waals surface area contributed by atoms with E-state index in [1.54, 1.807) is 7.11 Å². The lowest BCUT2D eigenvalue weighted by Crippen LogP contribution is -2.07. The van der Waals surface area contributed by atoms with Crippen LogP contribution in [0.25, 0.3) is 11.4 Å². The van der Waals surface area contributed by atoms with Crippen LogP contribution in [0.3, 0.4) is 0 Å². The number of hydrogen-bond acceptors (Lipinski definition) is 4. The minimum atomic E-state index is 0.717. The summed E-state index contributed by atoms with van der Waals surface area (Å²) < 4.78 is 7.22. The van der Waals surface area contributed by atoms with Crippen molar-refractivity contribution in [3.05, 3.63) is 31.9 Å². The number of ether oxygens (including phenoxy) is 1. The van der Waals surface area contributed by atoms with Crippen molar-refractivity contribution in [1.29, 1.82) is 0 Å². The molecule has 21 heavy (non-hydrogen) atoms. The quantitative estimate of drug-likeness (QED) is 0.658. The number of methoxy groups -OCH3 is 1. The highest BCUT2D eigenvalue weighted by Gasteiger charge is 2.12. The van der Waals surface area contributed by atoms with Crippen LogP contribution >= 0.6 is 38.5 Å². The van der Waals surface area contributed by atoms with Gasteiger partial charge in [-0.3, -0.25) is 0 Å².